The van der Waals surface area contributed by atoms with Crippen molar-refractivity contribution in [3.8, 4) is 5.75 Å². The van der Waals surface area contributed by atoms with Gasteiger partial charge in [-0.1, -0.05) is 32.4 Å². The maximum atomic E-state index is 12.5. The van der Waals surface area contributed by atoms with Crippen LogP contribution in [0.4, 0.5) is 0 Å². The Hall–Kier alpha value is -1.68. The molecule has 112 valence electrons. The summed E-state index contributed by atoms with van der Waals surface area (Å²) >= 11 is 1.54. The van der Waals surface area contributed by atoms with Gasteiger partial charge in [-0.25, -0.2) is 4.98 Å². The summed E-state index contributed by atoms with van der Waals surface area (Å²) in [5.41, 5.74) is 2.73. The second kappa shape index (κ2) is 5.98. The molecule has 1 heterocycles. The van der Waals surface area contributed by atoms with E-state index < -0.39 is 0 Å². The van der Waals surface area contributed by atoms with Gasteiger partial charge in [-0.2, -0.15) is 0 Å². The number of carbonyl (C=O) groups excluding carboxylic acids is 1. The fourth-order valence-electron chi connectivity index (χ4n) is 2.01. The zero-order chi connectivity index (χ0) is 15.6. The highest BCUT2D eigenvalue weighted by atomic mass is 32.1. The van der Waals surface area contributed by atoms with Crippen LogP contribution in [0.5, 0.6) is 5.75 Å². The highest BCUT2D eigenvalue weighted by molar-refractivity contribution is 7.09. The molecule has 0 aliphatic rings. The van der Waals surface area contributed by atoms with E-state index in [4.69, 9.17) is 4.74 Å². The third-order valence-electron chi connectivity index (χ3n) is 3.29. The van der Waals surface area contributed by atoms with E-state index in [0.717, 1.165) is 16.3 Å². The van der Waals surface area contributed by atoms with Crippen LogP contribution in [0.15, 0.2) is 23.6 Å². The minimum atomic E-state index is 0.0127. The second-order valence-corrected chi connectivity index (χ2v) is 7.12. The number of rotatable bonds is 4. The first-order valence-electron chi connectivity index (χ1n) is 6.94. The monoisotopic (exact) mass is 303 g/mol. The fourth-order valence-corrected chi connectivity index (χ4v) is 3.03. The van der Waals surface area contributed by atoms with Crippen molar-refractivity contribution in [1.82, 2.24) is 4.98 Å². The minimum absolute atomic E-state index is 0.0127. The Morgan fingerprint density at radius 1 is 1.33 bits per heavy atom. The molecule has 0 aliphatic carbocycles. The lowest BCUT2D eigenvalue weighted by Crippen LogP contribution is -2.12. The Balaban J connectivity index is 2.22. The SMILES string of the molecule is COc1ccc(C)cc1C(=O)Cc1nc(C(C)(C)C)cs1. The molecule has 0 fully saturated rings. The molecule has 1 aromatic heterocycles. The molecule has 0 radical (unpaired) electrons. The Morgan fingerprint density at radius 2 is 2.05 bits per heavy atom. The molecule has 0 spiro atoms. The highest BCUT2D eigenvalue weighted by Gasteiger charge is 2.20. The van der Waals surface area contributed by atoms with Gasteiger partial charge in [0, 0.05) is 10.8 Å². The first-order chi connectivity index (χ1) is 9.81. The molecule has 0 bridgehead atoms. The van der Waals surface area contributed by atoms with Gasteiger partial charge in [-0.15, -0.1) is 11.3 Å². The number of thiazole rings is 1. The van der Waals surface area contributed by atoms with E-state index >= 15 is 0 Å². The van der Waals surface area contributed by atoms with Crippen LogP contribution in [0, 0.1) is 6.92 Å². The highest BCUT2D eigenvalue weighted by Crippen LogP contribution is 2.26. The molecule has 21 heavy (non-hydrogen) atoms. The molecule has 0 aliphatic heterocycles. The first kappa shape index (κ1) is 15.7. The first-order valence-corrected chi connectivity index (χ1v) is 7.82. The maximum Gasteiger partial charge on any atom is 0.173 e. The van der Waals surface area contributed by atoms with Crippen molar-refractivity contribution in [3.63, 3.8) is 0 Å². The van der Waals surface area contributed by atoms with E-state index in [0.29, 0.717) is 17.7 Å². The molecule has 2 rings (SSSR count). The summed E-state index contributed by atoms with van der Waals surface area (Å²) in [7, 11) is 1.59. The molecule has 0 amide bonds. The van der Waals surface area contributed by atoms with Crippen LogP contribution < -0.4 is 4.74 Å². The predicted octanol–water partition coefficient (Wildman–Crippen LogP) is 4.18. The zero-order valence-electron chi connectivity index (χ0n) is 13.2. The lowest BCUT2D eigenvalue weighted by atomic mass is 9.93. The second-order valence-electron chi connectivity index (χ2n) is 6.18. The smallest absolute Gasteiger partial charge is 0.173 e. The van der Waals surface area contributed by atoms with Crippen LogP contribution in [0.2, 0.25) is 0 Å². The van der Waals surface area contributed by atoms with Crippen LogP contribution in [-0.4, -0.2) is 17.9 Å². The van der Waals surface area contributed by atoms with Crippen molar-refractivity contribution in [2.24, 2.45) is 0 Å². The number of aromatic nitrogens is 1. The lowest BCUT2D eigenvalue weighted by Gasteiger charge is -2.14. The number of benzene rings is 1. The van der Waals surface area contributed by atoms with Gasteiger partial charge in [-0.05, 0) is 19.1 Å². The maximum absolute atomic E-state index is 12.5. The van der Waals surface area contributed by atoms with Crippen molar-refractivity contribution in [2.75, 3.05) is 7.11 Å². The predicted molar refractivity (Wildman–Crippen MR) is 86.6 cm³/mol. The van der Waals surface area contributed by atoms with E-state index in [1.807, 2.05) is 30.5 Å². The average Bonchev–Trinajstić information content (AvgIpc) is 2.87. The summed E-state index contributed by atoms with van der Waals surface area (Å²) in [6.45, 7) is 8.34. The quantitative estimate of drug-likeness (QED) is 0.795. The molecule has 0 N–H and O–H groups in total. The van der Waals surface area contributed by atoms with E-state index in [-0.39, 0.29) is 11.2 Å². The van der Waals surface area contributed by atoms with Crippen molar-refractivity contribution >= 4 is 17.1 Å². The minimum Gasteiger partial charge on any atom is -0.496 e. The number of methoxy groups -OCH3 is 1. The molecule has 2 aromatic rings. The van der Waals surface area contributed by atoms with Gasteiger partial charge in [0.15, 0.2) is 5.78 Å². The number of carbonyl (C=O) groups is 1. The number of ketones is 1. The van der Waals surface area contributed by atoms with Crippen LogP contribution in [0.3, 0.4) is 0 Å². The van der Waals surface area contributed by atoms with Gasteiger partial charge in [0.25, 0.3) is 0 Å². The Morgan fingerprint density at radius 3 is 2.62 bits per heavy atom. The lowest BCUT2D eigenvalue weighted by molar-refractivity contribution is 0.0990. The Labute approximate surface area is 130 Å². The van der Waals surface area contributed by atoms with Gasteiger partial charge in [0.2, 0.25) is 0 Å². The molecule has 0 atom stereocenters. The molecular formula is C17H21NO2S. The Kier molecular flexibility index (Phi) is 4.47. The summed E-state index contributed by atoms with van der Waals surface area (Å²) in [6, 6.07) is 5.65. The summed E-state index contributed by atoms with van der Waals surface area (Å²) < 4.78 is 5.28. The molecule has 3 nitrogen and oxygen atoms in total. The van der Waals surface area contributed by atoms with Gasteiger partial charge >= 0.3 is 0 Å². The molecule has 4 heteroatoms. The third kappa shape index (κ3) is 3.70. The number of hydrogen-bond acceptors (Lipinski definition) is 4. The number of ether oxygens (including phenoxy) is 1. The molecule has 0 unspecified atom stereocenters. The standard InChI is InChI=1S/C17H21NO2S/c1-11-6-7-14(20-5)12(8-11)13(19)9-16-18-15(10-21-16)17(2,3)4/h6-8,10H,9H2,1-5H3. The Bertz CT molecular complexity index is 653. The van der Waals surface area contributed by atoms with Crippen LogP contribution >= 0.6 is 11.3 Å². The molecular weight excluding hydrogens is 282 g/mol. The van der Waals surface area contributed by atoms with E-state index in [1.54, 1.807) is 18.4 Å². The van der Waals surface area contributed by atoms with Crippen molar-refractivity contribution in [2.45, 2.75) is 39.5 Å². The summed E-state index contributed by atoms with van der Waals surface area (Å²) in [5.74, 6) is 0.670. The number of aryl methyl sites for hydroxylation is 1. The van der Waals surface area contributed by atoms with Crippen molar-refractivity contribution in [3.05, 3.63) is 45.4 Å². The third-order valence-corrected chi connectivity index (χ3v) is 4.14. The van der Waals surface area contributed by atoms with Crippen LogP contribution in [0.1, 0.15) is 47.4 Å². The zero-order valence-corrected chi connectivity index (χ0v) is 14.0. The summed E-state index contributed by atoms with van der Waals surface area (Å²) in [6.07, 6.45) is 0.320. The summed E-state index contributed by atoms with van der Waals surface area (Å²) in [5, 5.41) is 2.89. The average molecular weight is 303 g/mol. The normalized spacial score (nSPS) is 11.5. The summed E-state index contributed by atoms with van der Waals surface area (Å²) in [4.78, 5) is 17.1. The van der Waals surface area contributed by atoms with E-state index in [9.17, 15) is 4.79 Å². The number of Topliss-reactive ketones (excluding diaryl/α,β-unsaturated/α-hetero) is 1. The van der Waals surface area contributed by atoms with Crippen LogP contribution in [-0.2, 0) is 11.8 Å². The fraction of sp³-hybridized carbons (Fsp3) is 0.412. The van der Waals surface area contributed by atoms with Crippen molar-refractivity contribution < 1.29 is 9.53 Å². The van der Waals surface area contributed by atoms with Gasteiger partial charge in [0.1, 0.15) is 10.8 Å². The van der Waals surface area contributed by atoms with Crippen molar-refractivity contribution in [1.29, 1.82) is 0 Å². The van der Waals surface area contributed by atoms with Gasteiger partial charge in [0.05, 0.1) is 24.8 Å². The molecule has 0 saturated carbocycles. The van der Waals surface area contributed by atoms with Crippen LogP contribution in [0.25, 0.3) is 0 Å². The number of nitrogens with zero attached hydrogens (tertiary/aromatic N) is 1. The van der Waals surface area contributed by atoms with Gasteiger partial charge < -0.3 is 4.74 Å². The topological polar surface area (TPSA) is 39.2 Å². The molecule has 1 aromatic carbocycles. The van der Waals surface area contributed by atoms with E-state index in [1.165, 1.54) is 0 Å². The van der Waals surface area contributed by atoms with E-state index in [2.05, 4.69) is 25.8 Å². The molecule has 0 saturated heterocycles. The van der Waals surface area contributed by atoms with Gasteiger partial charge in [-0.3, -0.25) is 4.79 Å². The largest absolute Gasteiger partial charge is 0.496 e. The number of hydrogen-bond donors (Lipinski definition) is 0.